The molecule has 0 spiro atoms. The van der Waals surface area contributed by atoms with Crippen LogP contribution in [0.25, 0.3) is 0 Å². The summed E-state index contributed by atoms with van der Waals surface area (Å²) in [4.78, 5) is 11.3. The number of ether oxygens (including phenoxy) is 1. The van der Waals surface area contributed by atoms with Gasteiger partial charge in [0.05, 0.1) is 12.6 Å². The minimum atomic E-state index is -0.117. The number of rotatable bonds is 4. The summed E-state index contributed by atoms with van der Waals surface area (Å²) >= 11 is 0. The van der Waals surface area contributed by atoms with Crippen LogP contribution < -0.4 is 16.4 Å². The number of nitrogens with two attached hydrogens (primary N) is 1. The second-order valence-corrected chi connectivity index (χ2v) is 3.46. The van der Waals surface area contributed by atoms with Gasteiger partial charge in [-0.15, -0.1) is 0 Å². The van der Waals surface area contributed by atoms with E-state index < -0.39 is 0 Å². The van der Waals surface area contributed by atoms with Crippen molar-refractivity contribution in [1.82, 2.24) is 10.6 Å². The maximum atomic E-state index is 11.3. The Bertz CT molecular complexity index is 169. The molecule has 5 heteroatoms. The molecule has 0 aromatic heterocycles. The molecule has 0 bridgehead atoms. The first-order valence-corrected chi connectivity index (χ1v) is 5.15. The average molecular weight is 201 g/mol. The van der Waals surface area contributed by atoms with Gasteiger partial charge in [-0.3, -0.25) is 0 Å². The molecule has 0 saturated carbocycles. The van der Waals surface area contributed by atoms with Gasteiger partial charge in [-0.1, -0.05) is 0 Å². The first-order chi connectivity index (χ1) is 6.83. The molecule has 0 aliphatic carbocycles. The van der Waals surface area contributed by atoms with Crippen molar-refractivity contribution < 1.29 is 9.53 Å². The third-order valence-electron chi connectivity index (χ3n) is 2.16. The fourth-order valence-electron chi connectivity index (χ4n) is 1.39. The van der Waals surface area contributed by atoms with Crippen molar-refractivity contribution in [3.63, 3.8) is 0 Å². The lowest BCUT2D eigenvalue weighted by Crippen LogP contribution is -2.46. The van der Waals surface area contributed by atoms with E-state index in [2.05, 4.69) is 10.6 Å². The van der Waals surface area contributed by atoms with Crippen molar-refractivity contribution >= 4 is 6.03 Å². The molecule has 5 nitrogen and oxygen atoms in total. The Hall–Kier alpha value is -0.810. The Morgan fingerprint density at radius 2 is 2.43 bits per heavy atom. The number of hydrogen-bond donors (Lipinski definition) is 3. The van der Waals surface area contributed by atoms with Gasteiger partial charge >= 0.3 is 6.03 Å². The van der Waals surface area contributed by atoms with Gasteiger partial charge in [0.1, 0.15) is 0 Å². The molecule has 2 amide bonds. The highest BCUT2D eigenvalue weighted by atomic mass is 16.5. The van der Waals surface area contributed by atoms with Crippen molar-refractivity contribution in [2.24, 2.45) is 5.73 Å². The van der Waals surface area contributed by atoms with Gasteiger partial charge in [0, 0.05) is 13.2 Å². The number of amides is 2. The summed E-state index contributed by atoms with van der Waals surface area (Å²) in [7, 11) is 0. The molecule has 82 valence electrons. The largest absolute Gasteiger partial charge is 0.379 e. The first kappa shape index (κ1) is 11.3. The fourth-order valence-corrected chi connectivity index (χ4v) is 1.39. The summed E-state index contributed by atoms with van der Waals surface area (Å²) in [5, 5.41) is 5.61. The molecule has 0 radical (unpaired) electrons. The number of nitrogens with one attached hydrogen (secondary N) is 2. The lowest BCUT2D eigenvalue weighted by Gasteiger charge is -2.23. The van der Waals surface area contributed by atoms with E-state index in [0.717, 1.165) is 25.9 Å². The number of carbonyl (C=O) groups is 1. The van der Waals surface area contributed by atoms with Gasteiger partial charge in [-0.25, -0.2) is 4.79 Å². The van der Waals surface area contributed by atoms with Crippen molar-refractivity contribution in [2.45, 2.75) is 25.3 Å². The van der Waals surface area contributed by atoms with Gasteiger partial charge in [-0.05, 0) is 25.8 Å². The maximum Gasteiger partial charge on any atom is 0.315 e. The van der Waals surface area contributed by atoms with Crippen molar-refractivity contribution in [3.8, 4) is 0 Å². The van der Waals surface area contributed by atoms with E-state index in [4.69, 9.17) is 10.5 Å². The Kier molecular flexibility index (Phi) is 5.32. The molecular formula is C9H19N3O2. The van der Waals surface area contributed by atoms with Gasteiger partial charge in [0.2, 0.25) is 0 Å². The minimum Gasteiger partial charge on any atom is -0.379 e. The summed E-state index contributed by atoms with van der Waals surface area (Å²) in [5.41, 5.74) is 5.31. The zero-order valence-corrected chi connectivity index (χ0v) is 8.42. The fraction of sp³-hybridized carbons (Fsp3) is 0.889. The van der Waals surface area contributed by atoms with Crippen molar-refractivity contribution in [3.05, 3.63) is 0 Å². The molecule has 1 atom stereocenters. The maximum absolute atomic E-state index is 11.3. The SMILES string of the molecule is NCCCNC(=O)NC1CCCOC1. The normalized spacial score (nSPS) is 21.6. The van der Waals surface area contributed by atoms with Crippen LogP contribution in [-0.2, 0) is 4.74 Å². The smallest absolute Gasteiger partial charge is 0.315 e. The van der Waals surface area contributed by atoms with E-state index >= 15 is 0 Å². The van der Waals surface area contributed by atoms with Crippen molar-refractivity contribution in [1.29, 1.82) is 0 Å². The molecule has 1 aliphatic rings. The zero-order chi connectivity index (χ0) is 10.2. The molecule has 1 heterocycles. The molecule has 1 saturated heterocycles. The Morgan fingerprint density at radius 3 is 3.07 bits per heavy atom. The molecule has 1 fully saturated rings. The summed E-state index contributed by atoms with van der Waals surface area (Å²) in [6, 6.07) is 0.0515. The molecule has 4 N–H and O–H groups in total. The van der Waals surface area contributed by atoms with Crippen LogP contribution in [0.1, 0.15) is 19.3 Å². The van der Waals surface area contributed by atoms with Crippen LogP contribution in [0, 0.1) is 0 Å². The lowest BCUT2D eigenvalue weighted by atomic mass is 10.1. The van der Waals surface area contributed by atoms with Crippen LogP contribution in [0.4, 0.5) is 4.79 Å². The average Bonchev–Trinajstić information content (AvgIpc) is 2.20. The van der Waals surface area contributed by atoms with Gasteiger partial charge in [-0.2, -0.15) is 0 Å². The number of carbonyl (C=O) groups excluding carboxylic acids is 1. The van der Waals surface area contributed by atoms with Crippen LogP contribution in [0.3, 0.4) is 0 Å². The van der Waals surface area contributed by atoms with Crippen LogP contribution in [-0.4, -0.2) is 38.4 Å². The second-order valence-electron chi connectivity index (χ2n) is 3.46. The number of urea groups is 1. The van der Waals surface area contributed by atoms with Crippen LogP contribution in [0.2, 0.25) is 0 Å². The van der Waals surface area contributed by atoms with E-state index in [-0.39, 0.29) is 12.1 Å². The zero-order valence-electron chi connectivity index (χ0n) is 8.42. The van der Waals surface area contributed by atoms with Crippen LogP contribution in [0.15, 0.2) is 0 Å². The Morgan fingerprint density at radius 1 is 1.57 bits per heavy atom. The summed E-state index contributed by atoms with van der Waals surface area (Å²) in [5.74, 6) is 0. The van der Waals surface area contributed by atoms with Gasteiger partial charge in [0.15, 0.2) is 0 Å². The van der Waals surface area contributed by atoms with Crippen LogP contribution >= 0.6 is 0 Å². The summed E-state index contributed by atoms with van der Waals surface area (Å²) in [6.07, 6.45) is 2.84. The van der Waals surface area contributed by atoms with E-state index in [1.54, 1.807) is 0 Å². The molecule has 14 heavy (non-hydrogen) atoms. The highest BCUT2D eigenvalue weighted by molar-refractivity contribution is 5.74. The summed E-state index contributed by atoms with van der Waals surface area (Å²) < 4.78 is 5.25. The van der Waals surface area contributed by atoms with E-state index in [1.165, 1.54) is 0 Å². The monoisotopic (exact) mass is 201 g/mol. The van der Waals surface area contributed by atoms with E-state index in [1.807, 2.05) is 0 Å². The van der Waals surface area contributed by atoms with Gasteiger partial charge in [0.25, 0.3) is 0 Å². The standard InChI is InChI=1S/C9H19N3O2/c10-4-2-5-11-9(13)12-8-3-1-6-14-7-8/h8H,1-7,10H2,(H2,11,12,13). The molecular weight excluding hydrogens is 182 g/mol. The van der Waals surface area contributed by atoms with Crippen LogP contribution in [0.5, 0.6) is 0 Å². The quantitative estimate of drug-likeness (QED) is 0.552. The first-order valence-electron chi connectivity index (χ1n) is 5.15. The van der Waals surface area contributed by atoms with Crippen molar-refractivity contribution in [2.75, 3.05) is 26.3 Å². The minimum absolute atomic E-state index is 0.117. The molecule has 1 aliphatic heterocycles. The predicted molar refractivity (Wildman–Crippen MR) is 54.0 cm³/mol. The molecule has 1 rings (SSSR count). The second kappa shape index (κ2) is 6.62. The van der Waals surface area contributed by atoms with Gasteiger partial charge < -0.3 is 21.1 Å². The van der Waals surface area contributed by atoms with E-state index in [9.17, 15) is 4.79 Å². The third-order valence-corrected chi connectivity index (χ3v) is 2.16. The molecule has 0 aromatic rings. The number of hydrogen-bond acceptors (Lipinski definition) is 3. The topological polar surface area (TPSA) is 76.4 Å². The summed E-state index contributed by atoms with van der Waals surface area (Å²) in [6.45, 7) is 2.68. The lowest BCUT2D eigenvalue weighted by molar-refractivity contribution is 0.0732. The molecule has 0 aromatic carbocycles. The highest BCUT2D eigenvalue weighted by Gasteiger charge is 2.15. The Labute approximate surface area is 84.4 Å². The third kappa shape index (κ3) is 4.43. The predicted octanol–water partition coefficient (Wildman–Crippen LogP) is -0.187. The molecule has 1 unspecified atom stereocenters. The Balaban J connectivity index is 2.06. The van der Waals surface area contributed by atoms with E-state index in [0.29, 0.717) is 19.7 Å². The highest BCUT2D eigenvalue weighted by Crippen LogP contribution is 2.05.